The minimum atomic E-state index is -4.56. The molecule has 1 aromatic rings. The maximum Gasteiger partial charge on any atom is 0.417 e. The van der Waals surface area contributed by atoms with Gasteiger partial charge in [0.2, 0.25) is 0 Å². The number of hydrogen-bond donors (Lipinski definition) is 3. The van der Waals surface area contributed by atoms with Crippen molar-refractivity contribution in [3.63, 3.8) is 0 Å². The maximum absolute atomic E-state index is 12.6. The molecule has 120 valence electrons. The summed E-state index contributed by atoms with van der Waals surface area (Å²) in [5.74, 6) is 0. The van der Waals surface area contributed by atoms with Crippen LogP contribution in [0, 0.1) is 0 Å². The Morgan fingerprint density at radius 2 is 1.95 bits per heavy atom. The molecule has 0 aliphatic carbocycles. The molecule has 4 nitrogen and oxygen atoms in total. The van der Waals surface area contributed by atoms with Gasteiger partial charge in [0.25, 0.3) is 0 Å². The Balaban J connectivity index is 0.00000400. The Bertz CT molecular complexity index is 470. The normalized spacial score (nSPS) is 10.7. The number of nitrogens with two attached hydrogens (primary N) is 1. The average Bonchev–Trinajstić information content (AvgIpc) is 2.36. The summed E-state index contributed by atoms with van der Waals surface area (Å²) in [6, 6.07) is 2.62. The topological polar surface area (TPSA) is 67.1 Å². The van der Waals surface area contributed by atoms with Crippen LogP contribution in [0.25, 0.3) is 0 Å². The highest BCUT2D eigenvalue weighted by Gasteiger charge is 2.33. The molecular weight excluding hydrogens is 330 g/mol. The number of anilines is 1. The number of alkyl halides is 3. The number of halogens is 5. The van der Waals surface area contributed by atoms with Gasteiger partial charge in [-0.05, 0) is 37.6 Å². The Hall–Kier alpha value is -1.18. The van der Waals surface area contributed by atoms with E-state index in [0.717, 1.165) is 18.6 Å². The van der Waals surface area contributed by atoms with Gasteiger partial charge >= 0.3 is 12.2 Å². The first-order chi connectivity index (χ1) is 9.34. The molecule has 0 aliphatic heterocycles. The van der Waals surface area contributed by atoms with Gasteiger partial charge in [0.15, 0.2) is 0 Å². The first-order valence-electron chi connectivity index (χ1n) is 5.96. The summed E-state index contributed by atoms with van der Waals surface area (Å²) in [4.78, 5) is 11.5. The second kappa shape index (κ2) is 8.96. The van der Waals surface area contributed by atoms with E-state index in [4.69, 9.17) is 17.3 Å². The summed E-state index contributed by atoms with van der Waals surface area (Å²) in [5, 5.41) is 4.43. The molecule has 0 heterocycles. The number of amides is 2. The molecule has 0 bridgehead atoms. The lowest BCUT2D eigenvalue weighted by atomic mass is 10.2. The molecule has 0 spiro atoms. The highest BCUT2D eigenvalue weighted by atomic mass is 35.5. The molecule has 0 atom stereocenters. The number of hydrogen-bond acceptors (Lipinski definition) is 2. The molecule has 0 aliphatic rings. The number of rotatable bonds is 5. The molecule has 1 aromatic carbocycles. The molecule has 4 N–H and O–H groups in total. The van der Waals surface area contributed by atoms with Gasteiger partial charge < -0.3 is 16.4 Å². The van der Waals surface area contributed by atoms with Crippen molar-refractivity contribution in [3.8, 4) is 0 Å². The second-order valence-corrected chi connectivity index (χ2v) is 4.48. The van der Waals surface area contributed by atoms with E-state index in [9.17, 15) is 18.0 Å². The van der Waals surface area contributed by atoms with Gasteiger partial charge in [0, 0.05) is 12.2 Å². The van der Waals surface area contributed by atoms with Gasteiger partial charge in [0.1, 0.15) is 0 Å². The second-order valence-electron chi connectivity index (χ2n) is 4.07. The van der Waals surface area contributed by atoms with E-state index < -0.39 is 22.8 Å². The Morgan fingerprint density at radius 1 is 1.29 bits per heavy atom. The van der Waals surface area contributed by atoms with E-state index in [1.807, 2.05) is 0 Å². The highest BCUT2D eigenvalue weighted by Crippen LogP contribution is 2.36. The zero-order chi connectivity index (χ0) is 15.2. The van der Waals surface area contributed by atoms with Gasteiger partial charge in [-0.25, -0.2) is 4.79 Å². The number of urea groups is 1. The van der Waals surface area contributed by atoms with Gasteiger partial charge in [-0.2, -0.15) is 13.2 Å². The van der Waals surface area contributed by atoms with Gasteiger partial charge in [0.05, 0.1) is 10.6 Å². The van der Waals surface area contributed by atoms with Crippen LogP contribution >= 0.6 is 24.0 Å². The zero-order valence-corrected chi connectivity index (χ0v) is 12.5. The van der Waals surface area contributed by atoms with Crippen LogP contribution in [-0.2, 0) is 6.18 Å². The molecule has 1 rings (SSSR count). The van der Waals surface area contributed by atoms with Crippen molar-refractivity contribution in [1.29, 1.82) is 0 Å². The summed E-state index contributed by atoms with van der Waals surface area (Å²) in [6.07, 6.45) is -3.09. The summed E-state index contributed by atoms with van der Waals surface area (Å²) in [7, 11) is 0. The number of carbonyl (C=O) groups is 1. The molecule has 0 unspecified atom stereocenters. The van der Waals surface area contributed by atoms with E-state index in [1.54, 1.807) is 0 Å². The summed E-state index contributed by atoms with van der Waals surface area (Å²) in [5.41, 5.74) is 4.33. The van der Waals surface area contributed by atoms with E-state index in [2.05, 4.69) is 10.6 Å². The number of carbonyl (C=O) groups excluding carboxylic acids is 1. The van der Waals surface area contributed by atoms with Gasteiger partial charge in [-0.15, -0.1) is 12.4 Å². The fourth-order valence-electron chi connectivity index (χ4n) is 1.47. The van der Waals surface area contributed by atoms with Crippen LogP contribution in [0.3, 0.4) is 0 Å². The fourth-order valence-corrected chi connectivity index (χ4v) is 1.69. The first kappa shape index (κ1) is 19.8. The Labute approximate surface area is 131 Å². The van der Waals surface area contributed by atoms with Gasteiger partial charge in [-0.1, -0.05) is 11.6 Å². The summed E-state index contributed by atoms with van der Waals surface area (Å²) >= 11 is 5.48. The van der Waals surface area contributed by atoms with Crippen molar-refractivity contribution in [2.24, 2.45) is 5.73 Å². The zero-order valence-electron chi connectivity index (χ0n) is 11.0. The van der Waals surface area contributed by atoms with E-state index in [1.165, 1.54) is 6.07 Å². The van der Waals surface area contributed by atoms with Crippen LogP contribution in [0.5, 0.6) is 0 Å². The quantitative estimate of drug-likeness (QED) is 0.713. The molecule has 0 saturated carbocycles. The molecule has 0 saturated heterocycles. The fraction of sp³-hybridized carbons (Fsp3) is 0.417. The lowest BCUT2D eigenvalue weighted by molar-refractivity contribution is -0.137. The Morgan fingerprint density at radius 3 is 2.52 bits per heavy atom. The third kappa shape index (κ3) is 6.88. The molecule has 21 heavy (non-hydrogen) atoms. The van der Waals surface area contributed by atoms with Crippen molar-refractivity contribution < 1.29 is 18.0 Å². The Kier molecular flexibility index (Phi) is 8.46. The van der Waals surface area contributed by atoms with Crippen LogP contribution in [-0.4, -0.2) is 19.1 Å². The van der Waals surface area contributed by atoms with Crippen molar-refractivity contribution in [2.45, 2.75) is 19.0 Å². The lowest BCUT2D eigenvalue weighted by Crippen LogP contribution is -2.29. The number of nitrogens with one attached hydrogen (secondary N) is 2. The largest absolute Gasteiger partial charge is 0.417 e. The standard InChI is InChI=1S/C12H15ClF3N3O.ClH/c13-10-4-3-8(7-9(10)12(14,15)16)19-11(20)18-6-2-1-5-17;/h3-4,7H,1-2,5-6,17H2,(H2,18,19,20);1H. The van der Waals surface area contributed by atoms with E-state index >= 15 is 0 Å². The molecule has 0 aromatic heterocycles. The van der Waals surface area contributed by atoms with Crippen molar-refractivity contribution in [3.05, 3.63) is 28.8 Å². The predicted octanol–water partition coefficient (Wildman–Crippen LogP) is 3.64. The molecule has 0 fully saturated rings. The lowest BCUT2D eigenvalue weighted by Gasteiger charge is -2.12. The monoisotopic (exact) mass is 345 g/mol. The summed E-state index contributed by atoms with van der Waals surface area (Å²) in [6.45, 7) is 0.929. The predicted molar refractivity (Wildman–Crippen MR) is 79.0 cm³/mol. The molecule has 2 amide bonds. The van der Waals surface area contributed by atoms with Crippen LogP contribution in [0.4, 0.5) is 23.7 Å². The van der Waals surface area contributed by atoms with E-state index in [0.29, 0.717) is 19.5 Å². The average molecular weight is 346 g/mol. The third-order valence-electron chi connectivity index (χ3n) is 2.45. The minimum absolute atomic E-state index is 0. The van der Waals surface area contributed by atoms with Crippen molar-refractivity contribution in [2.75, 3.05) is 18.4 Å². The molecule has 9 heteroatoms. The van der Waals surface area contributed by atoms with Crippen LogP contribution in [0.15, 0.2) is 18.2 Å². The van der Waals surface area contributed by atoms with E-state index in [-0.39, 0.29) is 18.1 Å². The number of unbranched alkanes of at least 4 members (excludes halogenated alkanes) is 1. The first-order valence-corrected chi connectivity index (χ1v) is 6.34. The summed E-state index contributed by atoms with van der Waals surface area (Å²) < 4.78 is 37.9. The number of benzene rings is 1. The van der Waals surface area contributed by atoms with Crippen LogP contribution in [0.1, 0.15) is 18.4 Å². The smallest absolute Gasteiger partial charge is 0.338 e. The van der Waals surface area contributed by atoms with Crippen molar-refractivity contribution >= 4 is 35.7 Å². The van der Waals surface area contributed by atoms with Crippen molar-refractivity contribution in [1.82, 2.24) is 5.32 Å². The van der Waals surface area contributed by atoms with Gasteiger partial charge in [-0.3, -0.25) is 0 Å². The SMILES string of the molecule is Cl.NCCCCNC(=O)Nc1ccc(Cl)c(C(F)(F)F)c1. The molecule has 0 radical (unpaired) electrons. The third-order valence-corrected chi connectivity index (χ3v) is 2.78. The minimum Gasteiger partial charge on any atom is -0.338 e. The maximum atomic E-state index is 12.6. The molecular formula is C12H16Cl2F3N3O. The van der Waals surface area contributed by atoms with Crippen LogP contribution in [0.2, 0.25) is 5.02 Å². The van der Waals surface area contributed by atoms with Crippen LogP contribution < -0.4 is 16.4 Å². The highest BCUT2D eigenvalue weighted by molar-refractivity contribution is 6.31.